The molecule has 0 radical (unpaired) electrons. The van der Waals surface area contributed by atoms with Crippen molar-refractivity contribution < 1.29 is 5.11 Å². The first-order valence-corrected chi connectivity index (χ1v) is 5.13. The molecule has 0 aliphatic carbocycles. The van der Waals surface area contributed by atoms with Crippen LogP contribution in [-0.2, 0) is 0 Å². The first-order valence-electron chi connectivity index (χ1n) is 5.13. The normalized spacial score (nSPS) is 18.7. The molecule has 3 nitrogen and oxygen atoms in total. The highest BCUT2D eigenvalue weighted by molar-refractivity contribution is 4.79. The fourth-order valence-electron chi connectivity index (χ4n) is 1.34. The van der Waals surface area contributed by atoms with Gasteiger partial charge in [-0.15, -0.1) is 0 Å². The summed E-state index contributed by atoms with van der Waals surface area (Å²) in [6, 6.07) is 0.517. The van der Waals surface area contributed by atoms with Gasteiger partial charge in [0.2, 0.25) is 0 Å². The Hall–Kier alpha value is -0.120. The van der Waals surface area contributed by atoms with E-state index in [0.717, 1.165) is 13.0 Å². The third kappa shape index (κ3) is 4.60. The van der Waals surface area contributed by atoms with Crippen LogP contribution in [0.4, 0.5) is 0 Å². The fraction of sp³-hybridized carbons (Fsp3) is 1.00. The van der Waals surface area contributed by atoms with E-state index in [0.29, 0.717) is 19.1 Å². The van der Waals surface area contributed by atoms with Crippen LogP contribution in [0.15, 0.2) is 0 Å². The van der Waals surface area contributed by atoms with Gasteiger partial charge in [0, 0.05) is 19.1 Å². The fourth-order valence-corrected chi connectivity index (χ4v) is 1.34. The van der Waals surface area contributed by atoms with Gasteiger partial charge in [0.05, 0.1) is 5.60 Å². The number of rotatable bonds is 6. The van der Waals surface area contributed by atoms with E-state index in [4.69, 9.17) is 5.73 Å². The molecule has 0 spiro atoms. The van der Waals surface area contributed by atoms with E-state index in [2.05, 4.69) is 25.7 Å². The lowest BCUT2D eigenvalue weighted by molar-refractivity contribution is 0.0166. The average Bonchev–Trinajstić information content (AvgIpc) is 2.13. The van der Waals surface area contributed by atoms with Crippen molar-refractivity contribution >= 4 is 0 Å². The van der Waals surface area contributed by atoms with Crippen molar-refractivity contribution in [1.29, 1.82) is 0 Å². The summed E-state index contributed by atoms with van der Waals surface area (Å²) in [5.41, 5.74) is 4.72. The number of hydrogen-bond donors (Lipinski definition) is 2. The summed E-state index contributed by atoms with van der Waals surface area (Å²) in [5, 5.41) is 9.80. The third-order valence-corrected chi connectivity index (χ3v) is 2.60. The largest absolute Gasteiger partial charge is 0.388 e. The summed E-state index contributed by atoms with van der Waals surface area (Å²) in [5.74, 6) is 0. The lowest BCUT2D eigenvalue weighted by Gasteiger charge is -2.33. The van der Waals surface area contributed by atoms with Gasteiger partial charge in [0.15, 0.2) is 0 Å². The van der Waals surface area contributed by atoms with E-state index in [-0.39, 0.29) is 0 Å². The minimum Gasteiger partial charge on any atom is -0.388 e. The smallest absolute Gasteiger partial charge is 0.0867 e. The molecule has 0 amide bonds. The maximum Gasteiger partial charge on any atom is 0.0867 e. The number of likely N-dealkylation sites (N-methyl/N-ethyl adjacent to an activating group) is 1. The molecule has 0 heterocycles. The summed E-state index contributed by atoms with van der Waals surface area (Å²) < 4.78 is 0. The zero-order valence-electron chi connectivity index (χ0n) is 9.38. The lowest BCUT2D eigenvalue weighted by Crippen LogP contribution is -2.48. The van der Waals surface area contributed by atoms with Crippen LogP contribution in [0.1, 0.15) is 34.1 Å². The maximum absolute atomic E-state index is 9.80. The van der Waals surface area contributed by atoms with Crippen LogP contribution in [0.2, 0.25) is 0 Å². The summed E-state index contributed by atoms with van der Waals surface area (Å²) in [7, 11) is 0. The standard InChI is InChI=1S/C10H24N2O/c1-5-9(3)12(6-2)8-10(4,13)7-11/h9,13H,5-8,11H2,1-4H3. The molecule has 0 aliphatic rings. The van der Waals surface area contributed by atoms with Crippen molar-refractivity contribution in [2.45, 2.75) is 45.8 Å². The summed E-state index contributed by atoms with van der Waals surface area (Å²) >= 11 is 0. The van der Waals surface area contributed by atoms with Gasteiger partial charge in [-0.05, 0) is 26.8 Å². The number of nitrogens with zero attached hydrogens (tertiary/aromatic N) is 1. The van der Waals surface area contributed by atoms with E-state index in [9.17, 15) is 5.11 Å². The molecular formula is C10H24N2O. The Bertz CT molecular complexity index is 137. The van der Waals surface area contributed by atoms with E-state index >= 15 is 0 Å². The Morgan fingerprint density at radius 1 is 1.46 bits per heavy atom. The second kappa shape index (κ2) is 5.58. The SMILES string of the molecule is CCC(C)N(CC)CC(C)(O)CN. The number of aliphatic hydroxyl groups is 1. The minimum absolute atomic E-state index is 0.319. The Morgan fingerprint density at radius 3 is 2.31 bits per heavy atom. The topological polar surface area (TPSA) is 49.5 Å². The molecule has 2 unspecified atom stereocenters. The van der Waals surface area contributed by atoms with Crippen molar-refractivity contribution in [2.24, 2.45) is 5.73 Å². The molecule has 3 N–H and O–H groups in total. The molecule has 0 rings (SSSR count). The first kappa shape index (κ1) is 12.9. The Labute approximate surface area is 81.9 Å². The molecule has 13 heavy (non-hydrogen) atoms. The molecule has 0 saturated heterocycles. The zero-order valence-corrected chi connectivity index (χ0v) is 9.38. The van der Waals surface area contributed by atoms with E-state index in [1.165, 1.54) is 0 Å². The molecule has 0 aliphatic heterocycles. The molecule has 0 aromatic carbocycles. The predicted molar refractivity (Wildman–Crippen MR) is 56.7 cm³/mol. The Kier molecular flexibility index (Phi) is 5.53. The quantitative estimate of drug-likeness (QED) is 0.649. The molecule has 0 aromatic heterocycles. The van der Waals surface area contributed by atoms with Gasteiger partial charge in [-0.1, -0.05) is 13.8 Å². The molecular weight excluding hydrogens is 164 g/mol. The average molecular weight is 188 g/mol. The van der Waals surface area contributed by atoms with Gasteiger partial charge in [0.1, 0.15) is 0 Å². The second-order valence-electron chi connectivity index (χ2n) is 4.02. The summed E-state index contributed by atoms with van der Waals surface area (Å²) in [6.45, 7) is 10.2. The minimum atomic E-state index is -0.751. The zero-order chi connectivity index (χ0) is 10.5. The monoisotopic (exact) mass is 188 g/mol. The third-order valence-electron chi connectivity index (χ3n) is 2.60. The summed E-state index contributed by atoms with van der Waals surface area (Å²) in [4.78, 5) is 2.26. The molecule has 2 atom stereocenters. The van der Waals surface area contributed by atoms with Crippen LogP contribution < -0.4 is 5.73 Å². The van der Waals surface area contributed by atoms with Crippen molar-refractivity contribution in [2.75, 3.05) is 19.6 Å². The van der Waals surface area contributed by atoms with Crippen LogP contribution in [0.3, 0.4) is 0 Å². The molecule has 0 bridgehead atoms. The van der Waals surface area contributed by atoms with Crippen LogP contribution in [0.25, 0.3) is 0 Å². The highest BCUT2D eigenvalue weighted by atomic mass is 16.3. The van der Waals surface area contributed by atoms with Gasteiger partial charge < -0.3 is 10.8 Å². The van der Waals surface area contributed by atoms with Gasteiger partial charge in [-0.25, -0.2) is 0 Å². The highest BCUT2D eigenvalue weighted by Crippen LogP contribution is 2.09. The van der Waals surface area contributed by atoms with Crippen LogP contribution in [0, 0.1) is 0 Å². The van der Waals surface area contributed by atoms with Gasteiger partial charge in [-0.3, -0.25) is 4.90 Å². The van der Waals surface area contributed by atoms with Crippen LogP contribution in [-0.4, -0.2) is 41.3 Å². The van der Waals surface area contributed by atoms with Gasteiger partial charge in [0.25, 0.3) is 0 Å². The maximum atomic E-state index is 9.80. The van der Waals surface area contributed by atoms with Crippen LogP contribution in [0.5, 0.6) is 0 Å². The Morgan fingerprint density at radius 2 is 2.00 bits per heavy atom. The van der Waals surface area contributed by atoms with Crippen molar-refractivity contribution in [3.63, 3.8) is 0 Å². The molecule has 0 saturated carbocycles. The van der Waals surface area contributed by atoms with E-state index in [1.807, 2.05) is 0 Å². The van der Waals surface area contributed by atoms with E-state index in [1.54, 1.807) is 6.92 Å². The molecule has 80 valence electrons. The predicted octanol–water partition coefficient (Wildman–Crippen LogP) is 0.817. The molecule has 0 fully saturated rings. The molecule has 0 aromatic rings. The summed E-state index contributed by atoms with van der Waals surface area (Å²) in [6.07, 6.45) is 1.11. The number of hydrogen-bond acceptors (Lipinski definition) is 3. The Balaban J connectivity index is 4.11. The van der Waals surface area contributed by atoms with Gasteiger partial charge >= 0.3 is 0 Å². The highest BCUT2D eigenvalue weighted by Gasteiger charge is 2.23. The van der Waals surface area contributed by atoms with Crippen molar-refractivity contribution in [3.8, 4) is 0 Å². The van der Waals surface area contributed by atoms with Crippen molar-refractivity contribution in [3.05, 3.63) is 0 Å². The lowest BCUT2D eigenvalue weighted by atomic mass is 10.1. The molecule has 3 heteroatoms. The van der Waals surface area contributed by atoms with Crippen molar-refractivity contribution in [1.82, 2.24) is 4.90 Å². The van der Waals surface area contributed by atoms with E-state index < -0.39 is 5.60 Å². The van der Waals surface area contributed by atoms with Crippen LogP contribution >= 0.6 is 0 Å². The van der Waals surface area contributed by atoms with Gasteiger partial charge in [-0.2, -0.15) is 0 Å². The second-order valence-corrected chi connectivity index (χ2v) is 4.02. The number of nitrogens with two attached hydrogens (primary N) is 1. The first-order chi connectivity index (χ1) is 5.96.